The highest BCUT2D eigenvalue weighted by Crippen LogP contribution is 2.17. The summed E-state index contributed by atoms with van der Waals surface area (Å²) in [5.41, 5.74) is -0.953. The first-order valence-corrected chi connectivity index (χ1v) is 10.2. The molecule has 0 aliphatic heterocycles. The second-order valence-corrected chi connectivity index (χ2v) is 7.86. The van der Waals surface area contributed by atoms with E-state index >= 15 is 0 Å². The van der Waals surface area contributed by atoms with Crippen LogP contribution in [-0.4, -0.2) is 52.6 Å². The highest BCUT2D eigenvalue weighted by Gasteiger charge is 2.30. The van der Waals surface area contributed by atoms with Gasteiger partial charge in [0.1, 0.15) is 5.60 Å². The fraction of sp³-hybridized carbons (Fsp3) is 0.750. The summed E-state index contributed by atoms with van der Waals surface area (Å²) in [5, 5.41) is 13.8. The Balaban J connectivity index is 2.63. The Kier molecular flexibility index (Phi) is 9.82. The van der Waals surface area contributed by atoms with E-state index in [1.165, 1.54) is 0 Å². The molecule has 0 aliphatic rings. The second kappa shape index (κ2) is 11.6. The van der Waals surface area contributed by atoms with Gasteiger partial charge in [-0.15, -0.1) is 0 Å². The molecule has 0 unspecified atom stereocenters. The summed E-state index contributed by atoms with van der Waals surface area (Å²) in [6.45, 7) is 14.6. The summed E-state index contributed by atoms with van der Waals surface area (Å²) >= 11 is 0. The Hall–Kier alpha value is -2.25. The molecule has 0 bridgehead atoms. The van der Waals surface area contributed by atoms with Crippen LogP contribution >= 0.6 is 0 Å². The molecule has 1 rings (SSSR count). The number of amides is 1. The zero-order valence-electron chi connectivity index (χ0n) is 18.3. The fourth-order valence-electron chi connectivity index (χ4n) is 2.66. The van der Waals surface area contributed by atoms with Crippen LogP contribution in [0, 0.1) is 0 Å². The number of carbonyl (C=O) groups excluding carboxylic acids is 1. The van der Waals surface area contributed by atoms with Crippen LogP contribution in [0.25, 0.3) is 0 Å². The average molecular weight is 395 g/mol. The number of carbonyl (C=O) groups is 1. The highest BCUT2D eigenvalue weighted by molar-refractivity contribution is 5.79. The number of nitrogens with one attached hydrogen (secondary N) is 3. The van der Waals surface area contributed by atoms with E-state index < -0.39 is 17.2 Å². The maximum Gasteiger partial charge on any atom is 0.408 e. The minimum atomic E-state index is -0.522. The summed E-state index contributed by atoms with van der Waals surface area (Å²) in [7, 11) is 0. The van der Waals surface area contributed by atoms with E-state index in [2.05, 4.69) is 34.9 Å². The molecule has 160 valence electrons. The number of aliphatic imine (C=N–C) groups is 1. The van der Waals surface area contributed by atoms with Gasteiger partial charge in [-0.05, 0) is 53.0 Å². The minimum Gasteiger partial charge on any atom is -0.444 e. The fourth-order valence-corrected chi connectivity index (χ4v) is 2.66. The molecule has 28 heavy (non-hydrogen) atoms. The Labute approximate surface area is 169 Å². The lowest BCUT2D eigenvalue weighted by atomic mass is 9.93. The van der Waals surface area contributed by atoms with Crippen LogP contribution in [0.4, 0.5) is 4.79 Å². The summed E-state index contributed by atoms with van der Waals surface area (Å²) in [5.74, 6) is 0.750. The van der Waals surface area contributed by atoms with Gasteiger partial charge in [0.25, 0.3) is 0 Å². The molecule has 0 atom stereocenters. The quantitative estimate of drug-likeness (QED) is 0.322. The Morgan fingerprint density at radius 1 is 1.18 bits per heavy atom. The smallest absolute Gasteiger partial charge is 0.408 e. The molecule has 0 aromatic carbocycles. The molecule has 0 aliphatic carbocycles. The van der Waals surface area contributed by atoms with Crippen LogP contribution in [0.3, 0.4) is 0 Å². The van der Waals surface area contributed by atoms with E-state index in [1.54, 1.807) is 6.20 Å². The van der Waals surface area contributed by atoms with Gasteiger partial charge >= 0.3 is 6.09 Å². The highest BCUT2D eigenvalue weighted by atomic mass is 16.6. The van der Waals surface area contributed by atoms with Crippen molar-refractivity contribution in [3.05, 3.63) is 18.5 Å². The molecule has 0 saturated carbocycles. The van der Waals surface area contributed by atoms with Gasteiger partial charge in [-0.3, -0.25) is 9.67 Å². The van der Waals surface area contributed by atoms with Gasteiger partial charge in [0.05, 0.1) is 12.1 Å². The van der Waals surface area contributed by atoms with Crippen molar-refractivity contribution in [2.24, 2.45) is 4.99 Å². The number of nitrogens with zero attached hydrogens (tertiary/aromatic N) is 3. The molecule has 1 aromatic rings. The molecule has 0 radical (unpaired) electrons. The topological polar surface area (TPSA) is 92.6 Å². The average Bonchev–Trinajstić information content (AvgIpc) is 3.14. The van der Waals surface area contributed by atoms with Gasteiger partial charge < -0.3 is 20.7 Å². The molecule has 0 fully saturated rings. The molecule has 8 nitrogen and oxygen atoms in total. The zero-order valence-corrected chi connectivity index (χ0v) is 18.3. The van der Waals surface area contributed by atoms with E-state index in [9.17, 15) is 4.79 Å². The molecule has 1 aromatic heterocycles. The maximum atomic E-state index is 12.3. The van der Waals surface area contributed by atoms with Gasteiger partial charge in [-0.25, -0.2) is 4.79 Å². The SMILES string of the molecule is CCNC(=NCC(CC)(CC)NC(=O)OC(C)(C)C)NCCCn1cccn1. The van der Waals surface area contributed by atoms with E-state index in [0.717, 1.165) is 44.9 Å². The van der Waals surface area contributed by atoms with E-state index in [0.29, 0.717) is 6.54 Å². The first-order chi connectivity index (χ1) is 13.2. The summed E-state index contributed by atoms with van der Waals surface area (Å²) in [6, 6.07) is 1.92. The third kappa shape index (κ3) is 9.10. The number of guanidine groups is 1. The van der Waals surface area contributed by atoms with Gasteiger partial charge in [0, 0.05) is 32.0 Å². The number of ether oxygens (including phenoxy) is 1. The van der Waals surface area contributed by atoms with Crippen LogP contribution in [0.1, 0.15) is 60.8 Å². The van der Waals surface area contributed by atoms with Gasteiger partial charge in [-0.1, -0.05) is 13.8 Å². The molecule has 1 heterocycles. The summed E-state index contributed by atoms with van der Waals surface area (Å²) < 4.78 is 7.34. The summed E-state index contributed by atoms with van der Waals surface area (Å²) in [4.78, 5) is 17.0. The molecular weight excluding hydrogens is 356 g/mol. The maximum absolute atomic E-state index is 12.3. The number of hydrogen-bond acceptors (Lipinski definition) is 4. The van der Waals surface area contributed by atoms with Crippen LogP contribution in [-0.2, 0) is 11.3 Å². The monoisotopic (exact) mass is 394 g/mol. The Morgan fingerprint density at radius 2 is 1.89 bits per heavy atom. The van der Waals surface area contributed by atoms with Crippen LogP contribution in [0.5, 0.6) is 0 Å². The van der Waals surface area contributed by atoms with Crippen molar-refractivity contribution in [2.45, 2.75) is 78.5 Å². The first kappa shape index (κ1) is 23.8. The van der Waals surface area contributed by atoms with Gasteiger partial charge in [0.2, 0.25) is 0 Å². The zero-order chi connectivity index (χ0) is 21.0. The Morgan fingerprint density at radius 3 is 2.43 bits per heavy atom. The number of aryl methyl sites for hydroxylation is 1. The van der Waals surface area contributed by atoms with Crippen molar-refractivity contribution in [1.82, 2.24) is 25.7 Å². The number of alkyl carbamates (subject to hydrolysis) is 1. The Bertz CT molecular complexity index is 588. The van der Waals surface area contributed by atoms with Gasteiger partial charge in [-0.2, -0.15) is 5.10 Å². The molecule has 1 amide bonds. The normalized spacial score (nSPS) is 12.6. The first-order valence-electron chi connectivity index (χ1n) is 10.2. The molecule has 8 heteroatoms. The standard InChI is InChI=1S/C20H38N6O2/c1-7-20(8-2,25-18(27)28-19(4,5)6)16-23-17(21-9-3)22-12-10-14-26-15-11-13-24-26/h11,13,15H,7-10,12,14,16H2,1-6H3,(H,25,27)(H2,21,22,23). The third-order valence-corrected chi connectivity index (χ3v) is 4.42. The van der Waals surface area contributed by atoms with Crippen molar-refractivity contribution in [3.63, 3.8) is 0 Å². The van der Waals surface area contributed by atoms with Crippen LogP contribution in [0.15, 0.2) is 23.5 Å². The lowest BCUT2D eigenvalue weighted by Crippen LogP contribution is -2.52. The number of rotatable bonds is 10. The number of hydrogen-bond donors (Lipinski definition) is 3. The van der Waals surface area contributed by atoms with Crippen molar-refractivity contribution in [2.75, 3.05) is 19.6 Å². The molecule has 0 spiro atoms. The van der Waals surface area contributed by atoms with E-state index in [1.807, 2.05) is 44.6 Å². The van der Waals surface area contributed by atoms with Crippen molar-refractivity contribution < 1.29 is 9.53 Å². The minimum absolute atomic E-state index is 0.399. The van der Waals surface area contributed by atoms with Crippen LogP contribution < -0.4 is 16.0 Å². The molecule has 0 saturated heterocycles. The second-order valence-electron chi connectivity index (χ2n) is 7.86. The van der Waals surface area contributed by atoms with E-state index in [4.69, 9.17) is 9.73 Å². The number of aromatic nitrogens is 2. The lowest BCUT2D eigenvalue weighted by molar-refractivity contribution is 0.0452. The lowest BCUT2D eigenvalue weighted by Gasteiger charge is -2.32. The van der Waals surface area contributed by atoms with Crippen molar-refractivity contribution >= 4 is 12.1 Å². The molecular formula is C20H38N6O2. The third-order valence-electron chi connectivity index (χ3n) is 4.42. The molecule has 3 N–H and O–H groups in total. The largest absolute Gasteiger partial charge is 0.444 e. The van der Waals surface area contributed by atoms with Gasteiger partial charge in [0.15, 0.2) is 5.96 Å². The van der Waals surface area contributed by atoms with Crippen molar-refractivity contribution in [1.29, 1.82) is 0 Å². The van der Waals surface area contributed by atoms with Crippen molar-refractivity contribution in [3.8, 4) is 0 Å². The summed E-state index contributed by atoms with van der Waals surface area (Å²) in [6.07, 6.45) is 5.82. The predicted molar refractivity (Wildman–Crippen MR) is 114 cm³/mol. The van der Waals surface area contributed by atoms with E-state index in [-0.39, 0.29) is 0 Å². The predicted octanol–water partition coefficient (Wildman–Crippen LogP) is 2.91. The van der Waals surface area contributed by atoms with Crippen LogP contribution in [0.2, 0.25) is 0 Å².